The lowest BCUT2D eigenvalue weighted by molar-refractivity contribution is -0.110. The van der Waals surface area contributed by atoms with Gasteiger partial charge in [0.2, 0.25) is 0 Å². The van der Waals surface area contributed by atoms with E-state index in [1.807, 2.05) is 56.3 Å². The predicted molar refractivity (Wildman–Crippen MR) is 96.9 cm³/mol. The first-order valence-electron chi connectivity index (χ1n) is 7.47. The van der Waals surface area contributed by atoms with Gasteiger partial charge in [-0.1, -0.05) is 41.1 Å². The third kappa shape index (κ3) is 4.42. The maximum atomic E-state index is 12.3. The lowest BCUT2D eigenvalue weighted by atomic mass is 10.2. The van der Waals surface area contributed by atoms with Gasteiger partial charge in [-0.05, 0) is 44.5 Å². The smallest absolute Gasteiger partial charge is 0.279 e. The zero-order valence-corrected chi connectivity index (χ0v) is 13.9. The molecule has 0 unspecified atom stereocenters. The Morgan fingerprint density at radius 2 is 1.71 bits per heavy atom. The Kier molecular flexibility index (Phi) is 5.68. The number of carbonyl (C=O) groups excluding carboxylic acids is 1. The molecule has 6 heteroatoms. The summed E-state index contributed by atoms with van der Waals surface area (Å²) in [7, 11) is 0. The second kappa shape index (κ2) is 7.92. The number of anilines is 2. The van der Waals surface area contributed by atoms with Gasteiger partial charge in [0.05, 0.1) is 11.4 Å². The minimum atomic E-state index is -0.529. The second-order valence-electron chi connectivity index (χ2n) is 5.39. The normalized spacial score (nSPS) is 12.0. The average molecular weight is 324 g/mol. The Morgan fingerprint density at radius 3 is 2.33 bits per heavy atom. The Labute approximate surface area is 140 Å². The van der Waals surface area contributed by atoms with Gasteiger partial charge in [-0.2, -0.15) is 5.10 Å². The van der Waals surface area contributed by atoms with E-state index in [0.29, 0.717) is 5.69 Å². The van der Waals surface area contributed by atoms with E-state index in [2.05, 4.69) is 21.0 Å². The Morgan fingerprint density at radius 1 is 1.04 bits per heavy atom. The van der Waals surface area contributed by atoms with Gasteiger partial charge >= 0.3 is 0 Å². The third-order valence-corrected chi connectivity index (χ3v) is 3.46. The van der Waals surface area contributed by atoms with E-state index in [1.54, 1.807) is 13.0 Å². The topological polar surface area (TPSA) is 86.1 Å². The molecular weight excluding hydrogens is 304 g/mol. The molecule has 1 amide bonds. The highest BCUT2D eigenvalue weighted by molar-refractivity contribution is 6.68. The number of nitrogens with zero attached hydrogens (tertiary/aromatic N) is 2. The standard InChI is InChI=1S/C18H20N4O2/c1-12-8-10-15(11-9-12)21-20-14(3)17(22-24)18(23)19-16-7-5-4-6-13(16)2/h4-11,21,24H,1-3H3,(H,19,23). The largest absolute Gasteiger partial charge is 0.410 e. The van der Waals surface area contributed by atoms with Crippen molar-refractivity contribution in [3.05, 3.63) is 59.7 Å². The van der Waals surface area contributed by atoms with Crippen molar-refractivity contribution in [3.8, 4) is 0 Å². The molecule has 2 aromatic carbocycles. The van der Waals surface area contributed by atoms with E-state index in [0.717, 1.165) is 16.8 Å². The zero-order chi connectivity index (χ0) is 17.5. The van der Waals surface area contributed by atoms with Gasteiger partial charge in [-0.15, -0.1) is 0 Å². The maximum Gasteiger partial charge on any atom is 0.279 e. The molecule has 0 saturated carbocycles. The van der Waals surface area contributed by atoms with Crippen LogP contribution in [0, 0.1) is 13.8 Å². The molecule has 124 valence electrons. The molecule has 0 atom stereocenters. The van der Waals surface area contributed by atoms with E-state index in [4.69, 9.17) is 5.21 Å². The highest BCUT2D eigenvalue weighted by atomic mass is 16.4. The minimum absolute atomic E-state index is 0.155. The van der Waals surface area contributed by atoms with E-state index >= 15 is 0 Å². The number of aryl methyl sites for hydroxylation is 2. The van der Waals surface area contributed by atoms with Crippen molar-refractivity contribution in [2.75, 3.05) is 10.7 Å². The van der Waals surface area contributed by atoms with Crippen LogP contribution in [0.1, 0.15) is 18.1 Å². The molecule has 2 rings (SSSR count). The Hall–Kier alpha value is -3.15. The van der Waals surface area contributed by atoms with Crippen LogP contribution < -0.4 is 10.7 Å². The lowest BCUT2D eigenvalue weighted by Crippen LogP contribution is -2.29. The van der Waals surface area contributed by atoms with Gasteiger partial charge in [0.25, 0.3) is 5.91 Å². The first kappa shape index (κ1) is 17.2. The van der Waals surface area contributed by atoms with Crippen molar-refractivity contribution in [2.45, 2.75) is 20.8 Å². The lowest BCUT2D eigenvalue weighted by Gasteiger charge is -2.09. The summed E-state index contributed by atoms with van der Waals surface area (Å²) in [5.74, 6) is -0.529. The summed E-state index contributed by atoms with van der Waals surface area (Å²) in [5, 5.41) is 19.0. The SMILES string of the molecule is CC(=NNc1ccc(C)cc1)C(=NO)C(=O)Nc1ccccc1C. The first-order valence-corrected chi connectivity index (χ1v) is 7.47. The van der Waals surface area contributed by atoms with Crippen molar-refractivity contribution >= 4 is 28.7 Å². The molecule has 0 radical (unpaired) electrons. The molecule has 3 N–H and O–H groups in total. The number of benzene rings is 2. The molecule has 0 aliphatic heterocycles. The fourth-order valence-corrected chi connectivity index (χ4v) is 2.01. The third-order valence-electron chi connectivity index (χ3n) is 3.46. The fraction of sp³-hybridized carbons (Fsp3) is 0.167. The second-order valence-corrected chi connectivity index (χ2v) is 5.39. The van der Waals surface area contributed by atoms with Crippen LogP contribution in [0.15, 0.2) is 58.8 Å². The molecule has 0 spiro atoms. The number of hydrogen-bond donors (Lipinski definition) is 3. The van der Waals surface area contributed by atoms with Crippen molar-refractivity contribution in [1.82, 2.24) is 0 Å². The van der Waals surface area contributed by atoms with Crippen molar-refractivity contribution in [1.29, 1.82) is 0 Å². The molecule has 0 fully saturated rings. The van der Waals surface area contributed by atoms with Gasteiger partial charge < -0.3 is 10.5 Å². The van der Waals surface area contributed by atoms with Crippen LogP contribution in [-0.2, 0) is 4.79 Å². The molecule has 0 heterocycles. The number of carbonyl (C=O) groups is 1. The van der Waals surface area contributed by atoms with E-state index < -0.39 is 5.91 Å². The number of rotatable bonds is 5. The van der Waals surface area contributed by atoms with Gasteiger partial charge in [0, 0.05) is 5.69 Å². The molecule has 0 aliphatic carbocycles. The van der Waals surface area contributed by atoms with Crippen LogP contribution >= 0.6 is 0 Å². The Balaban J connectivity index is 2.09. The van der Waals surface area contributed by atoms with Crippen LogP contribution in [0.25, 0.3) is 0 Å². The number of hydrazone groups is 1. The molecule has 24 heavy (non-hydrogen) atoms. The molecule has 0 aromatic heterocycles. The van der Waals surface area contributed by atoms with Gasteiger partial charge in [-0.3, -0.25) is 10.2 Å². The van der Waals surface area contributed by atoms with Crippen molar-refractivity contribution < 1.29 is 10.0 Å². The number of hydrogen-bond acceptors (Lipinski definition) is 5. The minimum Gasteiger partial charge on any atom is -0.410 e. The van der Waals surface area contributed by atoms with E-state index in [1.165, 1.54) is 0 Å². The van der Waals surface area contributed by atoms with Crippen LogP contribution in [0.3, 0.4) is 0 Å². The first-order chi connectivity index (χ1) is 11.5. The summed E-state index contributed by atoms with van der Waals surface area (Å²) in [6.45, 7) is 5.46. The summed E-state index contributed by atoms with van der Waals surface area (Å²) < 4.78 is 0. The summed E-state index contributed by atoms with van der Waals surface area (Å²) in [5.41, 5.74) is 6.42. The molecule has 6 nitrogen and oxygen atoms in total. The molecule has 0 aliphatic rings. The quantitative estimate of drug-likeness (QED) is 0.446. The van der Waals surface area contributed by atoms with Gasteiger partial charge in [-0.25, -0.2) is 0 Å². The van der Waals surface area contributed by atoms with Crippen LogP contribution in [0.5, 0.6) is 0 Å². The van der Waals surface area contributed by atoms with Crippen molar-refractivity contribution in [2.24, 2.45) is 10.3 Å². The summed E-state index contributed by atoms with van der Waals surface area (Å²) in [6.07, 6.45) is 0. The Bertz CT molecular complexity index is 780. The maximum absolute atomic E-state index is 12.3. The van der Waals surface area contributed by atoms with Crippen molar-refractivity contribution in [3.63, 3.8) is 0 Å². The van der Waals surface area contributed by atoms with E-state index in [9.17, 15) is 4.79 Å². The van der Waals surface area contributed by atoms with E-state index in [-0.39, 0.29) is 11.4 Å². The molecule has 0 saturated heterocycles. The summed E-state index contributed by atoms with van der Waals surface area (Å²) in [6, 6.07) is 15.0. The summed E-state index contributed by atoms with van der Waals surface area (Å²) in [4.78, 5) is 12.3. The number of amides is 1. The van der Waals surface area contributed by atoms with Gasteiger partial charge in [0.15, 0.2) is 5.71 Å². The molecule has 2 aromatic rings. The fourth-order valence-electron chi connectivity index (χ4n) is 2.01. The number of para-hydroxylation sites is 1. The van der Waals surface area contributed by atoms with Crippen LogP contribution in [0.4, 0.5) is 11.4 Å². The summed E-state index contributed by atoms with van der Waals surface area (Å²) >= 11 is 0. The average Bonchev–Trinajstić information content (AvgIpc) is 2.57. The predicted octanol–water partition coefficient (Wildman–Crippen LogP) is 3.56. The van der Waals surface area contributed by atoms with Crippen LogP contribution in [-0.4, -0.2) is 22.5 Å². The number of nitrogens with one attached hydrogen (secondary N) is 2. The zero-order valence-electron chi connectivity index (χ0n) is 13.9. The monoisotopic (exact) mass is 324 g/mol. The van der Waals surface area contributed by atoms with Gasteiger partial charge in [0.1, 0.15) is 0 Å². The van der Waals surface area contributed by atoms with Crippen LogP contribution in [0.2, 0.25) is 0 Å². The molecule has 0 bridgehead atoms. The highest BCUT2D eigenvalue weighted by Crippen LogP contribution is 2.13. The highest BCUT2D eigenvalue weighted by Gasteiger charge is 2.17. The number of oxime groups is 1. The molecular formula is C18H20N4O2.